The molecule has 7 nitrogen and oxygen atoms in total. The Kier molecular flexibility index (Phi) is 3.38. The third-order valence-electron chi connectivity index (χ3n) is 3.18. The van der Waals surface area contributed by atoms with Gasteiger partial charge in [-0.25, -0.2) is 14.6 Å². The Balaban J connectivity index is 2.19. The number of nitrogens with zero attached hydrogens (tertiary/aromatic N) is 4. The number of anilines is 1. The monoisotopic (exact) mass is 297 g/mol. The average Bonchev–Trinajstić information content (AvgIpc) is 2.83. The molecule has 2 aromatic heterocycles. The summed E-state index contributed by atoms with van der Waals surface area (Å²) in [6.45, 7) is 3.94. The van der Waals surface area contributed by atoms with E-state index in [0.717, 1.165) is 0 Å². The van der Waals surface area contributed by atoms with E-state index >= 15 is 0 Å². The number of rotatable bonds is 4. The largest absolute Gasteiger partial charge is 0.508 e. The molecule has 0 amide bonds. The molecular formula is C15H15N5O2. The Morgan fingerprint density at radius 2 is 2.18 bits per heavy atom. The second-order valence-corrected chi connectivity index (χ2v) is 4.74. The Bertz CT molecular complexity index is 857. The maximum absolute atomic E-state index is 9.90. The molecule has 0 aliphatic carbocycles. The average molecular weight is 297 g/mol. The van der Waals surface area contributed by atoms with E-state index in [4.69, 9.17) is 10.5 Å². The van der Waals surface area contributed by atoms with Crippen molar-refractivity contribution in [3.63, 3.8) is 0 Å². The third-order valence-corrected chi connectivity index (χ3v) is 3.18. The Labute approximate surface area is 126 Å². The summed E-state index contributed by atoms with van der Waals surface area (Å²) >= 11 is 0. The van der Waals surface area contributed by atoms with Crippen LogP contribution in [0.3, 0.4) is 0 Å². The third kappa shape index (κ3) is 2.32. The highest BCUT2D eigenvalue weighted by atomic mass is 16.5. The molecular weight excluding hydrogens is 282 g/mol. The summed E-state index contributed by atoms with van der Waals surface area (Å²) in [7, 11) is 1.77. The van der Waals surface area contributed by atoms with Crippen LogP contribution in [0.1, 0.15) is 0 Å². The number of phenols is 1. The molecule has 0 aliphatic rings. The lowest BCUT2D eigenvalue weighted by Crippen LogP contribution is -1.95. The molecule has 1 aromatic carbocycles. The molecule has 22 heavy (non-hydrogen) atoms. The number of benzene rings is 1. The smallest absolute Gasteiger partial charge is 0.163 e. The summed E-state index contributed by atoms with van der Waals surface area (Å²) in [6, 6.07) is 4.89. The fourth-order valence-electron chi connectivity index (χ4n) is 2.27. The predicted molar refractivity (Wildman–Crippen MR) is 83.5 cm³/mol. The zero-order chi connectivity index (χ0) is 15.7. The molecule has 3 rings (SSSR count). The van der Waals surface area contributed by atoms with Crippen molar-refractivity contribution in [3.05, 3.63) is 37.2 Å². The van der Waals surface area contributed by atoms with Crippen LogP contribution >= 0.6 is 0 Å². The van der Waals surface area contributed by atoms with E-state index < -0.39 is 0 Å². The van der Waals surface area contributed by atoms with Gasteiger partial charge in [0.15, 0.2) is 5.65 Å². The standard InChI is InChI=1S/C15H15N5O2/c1-3-4-22-11-6-9(5-10(21)7-11)13-12-14(16)17-8-18-15(12)20(2)19-13/h3,5-8,21H,1,4H2,2H3,(H2,16,17,18). The quantitative estimate of drug-likeness (QED) is 0.713. The van der Waals surface area contributed by atoms with Crippen molar-refractivity contribution in [2.75, 3.05) is 12.3 Å². The highest BCUT2D eigenvalue weighted by molar-refractivity contribution is 5.98. The molecule has 3 aromatic rings. The van der Waals surface area contributed by atoms with Gasteiger partial charge in [-0.15, -0.1) is 0 Å². The number of aromatic hydroxyl groups is 1. The van der Waals surface area contributed by atoms with Crippen LogP contribution < -0.4 is 10.5 Å². The normalized spacial score (nSPS) is 10.8. The van der Waals surface area contributed by atoms with E-state index in [2.05, 4.69) is 21.6 Å². The second-order valence-electron chi connectivity index (χ2n) is 4.74. The van der Waals surface area contributed by atoms with Crippen LogP contribution in [0.2, 0.25) is 0 Å². The summed E-state index contributed by atoms with van der Waals surface area (Å²) in [5.74, 6) is 0.930. The molecule has 0 aliphatic heterocycles. The zero-order valence-electron chi connectivity index (χ0n) is 12.0. The van der Waals surface area contributed by atoms with Gasteiger partial charge in [-0.1, -0.05) is 12.7 Å². The number of aryl methyl sites for hydroxylation is 1. The lowest BCUT2D eigenvalue weighted by Gasteiger charge is -2.07. The number of hydrogen-bond acceptors (Lipinski definition) is 6. The van der Waals surface area contributed by atoms with Crippen molar-refractivity contribution in [2.24, 2.45) is 7.05 Å². The number of nitrogen functional groups attached to an aromatic ring is 1. The number of phenolic OH excluding ortho intramolecular Hbond substituents is 1. The van der Waals surface area contributed by atoms with Gasteiger partial charge >= 0.3 is 0 Å². The van der Waals surface area contributed by atoms with E-state index in [-0.39, 0.29) is 5.75 Å². The van der Waals surface area contributed by atoms with Gasteiger partial charge < -0.3 is 15.6 Å². The minimum atomic E-state index is 0.0748. The molecule has 0 bridgehead atoms. The van der Waals surface area contributed by atoms with Gasteiger partial charge in [0.05, 0.1) is 5.39 Å². The first-order valence-electron chi connectivity index (χ1n) is 6.61. The molecule has 0 unspecified atom stereocenters. The molecule has 0 saturated heterocycles. The maximum Gasteiger partial charge on any atom is 0.163 e. The summed E-state index contributed by atoms with van der Waals surface area (Å²) in [5, 5.41) is 15.0. The van der Waals surface area contributed by atoms with Crippen LogP contribution in [0.15, 0.2) is 37.2 Å². The molecule has 0 spiro atoms. The topological polar surface area (TPSA) is 99.1 Å². The SMILES string of the molecule is C=CCOc1cc(O)cc(-c2nn(C)c3ncnc(N)c23)c1. The van der Waals surface area contributed by atoms with E-state index in [1.165, 1.54) is 12.4 Å². The molecule has 0 atom stereocenters. The molecule has 3 N–H and O–H groups in total. The number of hydrogen-bond donors (Lipinski definition) is 2. The fourth-order valence-corrected chi connectivity index (χ4v) is 2.27. The van der Waals surface area contributed by atoms with Crippen molar-refractivity contribution < 1.29 is 9.84 Å². The van der Waals surface area contributed by atoms with Crippen molar-refractivity contribution in [1.29, 1.82) is 0 Å². The summed E-state index contributed by atoms with van der Waals surface area (Å²) < 4.78 is 7.09. The van der Waals surface area contributed by atoms with E-state index in [1.807, 2.05) is 0 Å². The van der Waals surface area contributed by atoms with Crippen LogP contribution in [-0.2, 0) is 7.05 Å². The number of ether oxygens (including phenoxy) is 1. The van der Waals surface area contributed by atoms with E-state index in [1.54, 1.807) is 29.9 Å². The zero-order valence-corrected chi connectivity index (χ0v) is 12.0. The first kappa shape index (κ1) is 13.9. The second kappa shape index (κ2) is 5.36. The molecule has 7 heteroatoms. The molecule has 0 radical (unpaired) electrons. The Morgan fingerprint density at radius 1 is 1.36 bits per heavy atom. The minimum Gasteiger partial charge on any atom is -0.508 e. The van der Waals surface area contributed by atoms with Gasteiger partial charge in [-0.3, -0.25) is 0 Å². The fraction of sp³-hybridized carbons (Fsp3) is 0.133. The van der Waals surface area contributed by atoms with Crippen molar-refractivity contribution in [1.82, 2.24) is 19.7 Å². The lowest BCUT2D eigenvalue weighted by molar-refractivity contribution is 0.360. The van der Waals surface area contributed by atoms with Crippen LogP contribution in [0.5, 0.6) is 11.5 Å². The first-order valence-corrected chi connectivity index (χ1v) is 6.61. The molecule has 2 heterocycles. The summed E-state index contributed by atoms with van der Waals surface area (Å²) in [5.41, 5.74) is 7.84. The van der Waals surface area contributed by atoms with Gasteiger partial charge in [-0.05, 0) is 12.1 Å². The maximum atomic E-state index is 9.90. The summed E-state index contributed by atoms with van der Waals surface area (Å²) in [4.78, 5) is 8.19. The Hall–Kier alpha value is -3.09. The van der Waals surface area contributed by atoms with Crippen molar-refractivity contribution in [2.45, 2.75) is 0 Å². The van der Waals surface area contributed by atoms with Gasteiger partial charge in [-0.2, -0.15) is 5.10 Å². The van der Waals surface area contributed by atoms with Gasteiger partial charge in [0.2, 0.25) is 0 Å². The predicted octanol–water partition coefficient (Wildman–Crippen LogP) is 1.88. The van der Waals surface area contributed by atoms with Gasteiger partial charge in [0.25, 0.3) is 0 Å². The van der Waals surface area contributed by atoms with Crippen molar-refractivity contribution >= 4 is 16.9 Å². The Morgan fingerprint density at radius 3 is 2.95 bits per heavy atom. The highest BCUT2D eigenvalue weighted by Crippen LogP contribution is 2.34. The minimum absolute atomic E-state index is 0.0748. The van der Waals surface area contributed by atoms with E-state index in [9.17, 15) is 5.11 Å². The van der Waals surface area contributed by atoms with E-state index in [0.29, 0.717) is 40.5 Å². The first-order chi connectivity index (χ1) is 10.6. The molecule has 0 fully saturated rings. The van der Waals surface area contributed by atoms with Gasteiger partial charge in [0, 0.05) is 18.7 Å². The molecule has 112 valence electrons. The van der Waals surface area contributed by atoms with Crippen LogP contribution in [-0.4, -0.2) is 31.5 Å². The number of fused-ring (bicyclic) bond motifs is 1. The summed E-state index contributed by atoms with van der Waals surface area (Å²) in [6.07, 6.45) is 3.02. The van der Waals surface area contributed by atoms with Crippen molar-refractivity contribution in [3.8, 4) is 22.8 Å². The van der Waals surface area contributed by atoms with Crippen LogP contribution in [0, 0.1) is 0 Å². The van der Waals surface area contributed by atoms with Gasteiger partial charge in [0.1, 0.15) is 35.9 Å². The lowest BCUT2D eigenvalue weighted by atomic mass is 10.1. The van der Waals surface area contributed by atoms with Crippen LogP contribution in [0.4, 0.5) is 5.82 Å². The number of aromatic nitrogens is 4. The number of nitrogens with two attached hydrogens (primary N) is 1. The molecule has 0 saturated carbocycles. The van der Waals surface area contributed by atoms with Crippen LogP contribution in [0.25, 0.3) is 22.3 Å². The highest BCUT2D eigenvalue weighted by Gasteiger charge is 2.16.